The van der Waals surface area contributed by atoms with Crippen molar-refractivity contribution in [1.82, 2.24) is 5.32 Å². The van der Waals surface area contributed by atoms with Gasteiger partial charge in [-0.05, 0) is 43.9 Å². The zero-order chi connectivity index (χ0) is 18.6. The summed E-state index contributed by atoms with van der Waals surface area (Å²) in [5.41, 5.74) is -0.415. The van der Waals surface area contributed by atoms with Gasteiger partial charge in [0.1, 0.15) is 12.2 Å². The van der Waals surface area contributed by atoms with E-state index in [2.05, 4.69) is 5.32 Å². The molecule has 0 spiro atoms. The number of hydrogen-bond donors (Lipinski definition) is 1. The molecule has 0 saturated heterocycles. The van der Waals surface area contributed by atoms with E-state index in [9.17, 15) is 18.4 Å². The molecular formula is C17H28NO6S-. The van der Waals surface area contributed by atoms with Crippen LogP contribution in [0.25, 0.3) is 0 Å². The van der Waals surface area contributed by atoms with Crippen molar-refractivity contribution in [2.24, 2.45) is 17.3 Å². The maximum absolute atomic E-state index is 12.1. The van der Waals surface area contributed by atoms with E-state index in [-0.39, 0.29) is 30.1 Å². The molecule has 5 atom stereocenters. The van der Waals surface area contributed by atoms with Gasteiger partial charge >= 0.3 is 5.97 Å². The summed E-state index contributed by atoms with van der Waals surface area (Å²) in [6.07, 6.45) is 3.10. The topological polar surface area (TPSA) is 105 Å². The molecule has 5 unspecified atom stereocenters. The molecule has 1 N–H and O–H groups in total. The molecule has 25 heavy (non-hydrogen) atoms. The largest absolute Gasteiger partial charge is 0.750 e. The molecule has 144 valence electrons. The number of rotatable bonds is 9. The molecule has 0 heterocycles. The van der Waals surface area contributed by atoms with Crippen LogP contribution in [-0.2, 0) is 29.9 Å². The van der Waals surface area contributed by atoms with Crippen molar-refractivity contribution in [3.8, 4) is 0 Å². The highest BCUT2D eigenvalue weighted by molar-refractivity contribution is 7.74. The quantitative estimate of drug-likeness (QED) is 0.375. The molecule has 0 aromatic rings. The van der Waals surface area contributed by atoms with Gasteiger partial charge in [-0.3, -0.25) is 13.8 Å². The maximum atomic E-state index is 12.1. The van der Waals surface area contributed by atoms with Gasteiger partial charge in [0.25, 0.3) is 0 Å². The van der Waals surface area contributed by atoms with Crippen molar-refractivity contribution in [2.75, 3.05) is 6.54 Å². The Kier molecular flexibility index (Phi) is 6.99. The number of carbonyl (C=O) groups is 2. The van der Waals surface area contributed by atoms with Crippen LogP contribution < -0.4 is 5.32 Å². The second kappa shape index (κ2) is 8.60. The normalized spacial score (nSPS) is 29.4. The van der Waals surface area contributed by atoms with E-state index in [4.69, 9.17) is 8.92 Å². The van der Waals surface area contributed by atoms with Gasteiger partial charge in [0.2, 0.25) is 5.91 Å². The summed E-state index contributed by atoms with van der Waals surface area (Å²) < 4.78 is 32.1. The lowest BCUT2D eigenvalue weighted by Gasteiger charge is -2.30. The number of hydrogen-bond acceptors (Lipinski definition) is 6. The molecule has 2 bridgehead atoms. The van der Waals surface area contributed by atoms with E-state index < -0.39 is 29.0 Å². The van der Waals surface area contributed by atoms with Gasteiger partial charge in [-0.1, -0.05) is 20.8 Å². The second-order valence-corrected chi connectivity index (χ2v) is 8.25. The molecule has 7 nitrogen and oxygen atoms in total. The molecule has 2 rings (SSSR count). The summed E-state index contributed by atoms with van der Waals surface area (Å²) in [7, 11) is 0. The Bertz CT molecular complexity index is 523. The maximum Gasteiger partial charge on any atom is 0.306 e. The highest BCUT2D eigenvalue weighted by Crippen LogP contribution is 2.47. The number of nitrogens with one attached hydrogen (secondary N) is 1. The molecule has 1 amide bonds. The Hall–Kier alpha value is -0.990. The summed E-state index contributed by atoms with van der Waals surface area (Å²) in [5.74, 6) is -0.0569. The van der Waals surface area contributed by atoms with Crippen LogP contribution >= 0.6 is 0 Å². The monoisotopic (exact) mass is 374 g/mol. The number of carbonyl (C=O) groups excluding carboxylic acids is 2. The Morgan fingerprint density at radius 1 is 1.24 bits per heavy atom. The predicted molar refractivity (Wildman–Crippen MR) is 90.8 cm³/mol. The van der Waals surface area contributed by atoms with Gasteiger partial charge in [-0.2, -0.15) is 0 Å². The predicted octanol–water partition coefficient (Wildman–Crippen LogP) is 1.84. The molecule has 0 aromatic heterocycles. The van der Waals surface area contributed by atoms with Crippen LogP contribution in [0.5, 0.6) is 0 Å². The number of ether oxygens (including phenoxy) is 1. The minimum Gasteiger partial charge on any atom is -0.750 e. The Labute approximate surface area is 151 Å². The van der Waals surface area contributed by atoms with Crippen LogP contribution in [0.15, 0.2) is 0 Å². The van der Waals surface area contributed by atoms with Crippen LogP contribution in [0.3, 0.4) is 0 Å². The molecule has 2 fully saturated rings. The summed E-state index contributed by atoms with van der Waals surface area (Å²) in [5, 5.41) is 2.83. The van der Waals surface area contributed by atoms with Crippen molar-refractivity contribution in [2.45, 2.75) is 71.5 Å². The summed E-state index contributed by atoms with van der Waals surface area (Å²) in [6.45, 7) is 6.13. The first-order chi connectivity index (χ1) is 11.7. The highest BCUT2D eigenvalue weighted by atomic mass is 32.2. The van der Waals surface area contributed by atoms with Gasteiger partial charge in [-0.25, -0.2) is 4.21 Å². The third kappa shape index (κ3) is 5.24. The summed E-state index contributed by atoms with van der Waals surface area (Å²) >= 11 is -2.60. The van der Waals surface area contributed by atoms with Crippen LogP contribution in [0.1, 0.15) is 59.3 Å². The molecular weight excluding hydrogens is 346 g/mol. The molecule has 0 aromatic carbocycles. The average molecular weight is 374 g/mol. The highest BCUT2D eigenvalue weighted by Gasteiger charge is 2.51. The van der Waals surface area contributed by atoms with Crippen molar-refractivity contribution in [3.05, 3.63) is 0 Å². The van der Waals surface area contributed by atoms with Crippen LogP contribution in [-0.4, -0.2) is 39.4 Å². The SMILES string of the molecule is CCC(C)(C)C(=O)NCCCC(=O)OC1C2CCC(C2)C1OS(=O)[O-]. The fourth-order valence-electron chi connectivity index (χ4n) is 3.62. The molecule has 2 saturated carbocycles. The summed E-state index contributed by atoms with van der Waals surface area (Å²) in [4.78, 5) is 24.0. The second-order valence-electron chi connectivity index (χ2n) is 7.65. The van der Waals surface area contributed by atoms with Gasteiger partial charge in [0.05, 0.1) is 11.4 Å². The minimum absolute atomic E-state index is 0.0251. The van der Waals surface area contributed by atoms with Gasteiger partial charge in [0, 0.05) is 18.4 Å². The van der Waals surface area contributed by atoms with Crippen molar-refractivity contribution < 1.29 is 27.3 Å². The third-order valence-electron chi connectivity index (χ3n) is 5.57. The van der Waals surface area contributed by atoms with E-state index >= 15 is 0 Å². The summed E-state index contributed by atoms with van der Waals surface area (Å²) in [6, 6.07) is 0. The fraction of sp³-hybridized carbons (Fsp3) is 0.882. The minimum atomic E-state index is -2.60. The van der Waals surface area contributed by atoms with Gasteiger partial charge < -0.3 is 14.6 Å². The first-order valence-electron chi connectivity index (χ1n) is 8.98. The van der Waals surface area contributed by atoms with Gasteiger partial charge in [-0.15, -0.1) is 0 Å². The van der Waals surface area contributed by atoms with E-state index in [0.29, 0.717) is 13.0 Å². The first kappa shape index (κ1) is 20.3. The van der Waals surface area contributed by atoms with Gasteiger partial charge in [0.15, 0.2) is 0 Å². The van der Waals surface area contributed by atoms with Crippen LogP contribution in [0.2, 0.25) is 0 Å². The Balaban J connectivity index is 1.73. The third-order valence-corrected chi connectivity index (χ3v) is 5.95. The smallest absolute Gasteiger partial charge is 0.306 e. The lowest BCUT2D eigenvalue weighted by Crippen LogP contribution is -2.39. The lowest BCUT2D eigenvalue weighted by molar-refractivity contribution is -0.157. The first-order valence-corrected chi connectivity index (χ1v) is 9.98. The van der Waals surface area contributed by atoms with Crippen LogP contribution in [0, 0.1) is 17.3 Å². The molecule has 8 heteroatoms. The van der Waals surface area contributed by atoms with Crippen molar-refractivity contribution in [1.29, 1.82) is 0 Å². The Morgan fingerprint density at radius 2 is 1.88 bits per heavy atom. The van der Waals surface area contributed by atoms with E-state index in [0.717, 1.165) is 25.7 Å². The van der Waals surface area contributed by atoms with Crippen molar-refractivity contribution >= 4 is 23.2 Å². The van der Waals surface area contributed by atoms with E-state index in [1.165, 1.54) is 0 Å². The van der Waals surface area contributed by atoms with Crippen molar-refractivity contribution in [3.63, 3.8) is 0 Å². The zero-order valence-electron chi connectivity index (χ0n) is 15.1. The molecule has 0 aliphatic heterocycles. The zero-order valence-corrected chi connectivity index (χ0v) is 15.9. The van der Waals surface area contributed by atoms with Crippen LogP contribution in [0.4, 0.5) is 0 Å². The average Bonchev–Trinajstić information content (AvgIpc) is 3.13. The standard InChI is InChI=1S/C17H29NO6S/c1-4-17(2,3)16(20)18-9-5-6-13(19)23-14-11-7-8-12(10-11)15(14)24-25(21)22/h11-12,14-15H,4-10H2,1-3H3,(H,18,20)(H,21,22)/p-1. The lowest BCUT2D eigenvalue weighted by atomic mass is 9.89. The molecule has 2 aliphatic rings. The number of fused-ring (bicyclic) bond motifs is 2. The number of amides is 1. The molecule has 2 aliphatic carbocycles. The molecule has 0 radical (unpaired) electrons. The Morgan fingerprint density at radius 3 is 2.48 bits per heavy atom. The fourth-order valence-corrected chi connectivity index (χ4v) is 4.07. The van der Waals surface area contributed by atoms with E-state index in [1.807, 2.05) is 20.8 Å². The van der Waals surface area contributed by atoms with E-state index in [1.54, 1.807) is 0 Å². The number of esters is 1.